The summed E-state index contributed by atoms with van der Waals surface area (Å²) in [6, 6.07) is 14.4. The van der Waals surface area contributed by atoms with Gasteiger partial charge in [-0.1, -0.05) is 12.1 Å². The van der Waals surface area contributed by atoms with Gasteiger partial charge >= 0.3 is 0 Å². The normalized spacial score (nSPS) is 16.1. The van der Waals surface area contributed by atoms with Gasteiger partial charge in [0.05, 0.1) is 47.5 Å². The van der Waals surface area contributed by atoms with E-state index in [2.05, 4.69) is 25.1 Å². The number of benzene rings is 2. The zero-order chi connectivity index (χ0) is 30.8. The lowest BCUT2D eigenvalue weighted by Crippen LogP contribution is -2.44. The van der Waals surface area contributed by atoms with Gasteiger partial charge < -0.3 is 40.1 Å². The lowest BCUT2D eigenvalue weighted by molar-refractivity contribution is 0.208. The number of nitrogen functional groups attached to an aromatic ring is 1. The maximum atomic E-state index is 9.41. The Morgan fingerprint density at radius 3 is 2.71 bits per heavy atom. The number of rotatable bonds is 10. The molecule has 2 aliphatic rings. The molecule has 2 saturated heterocycles. The summed E-state index contributed by atoms with van der Waals surface area (Å²) in [5.74, 6) is 1.86. The molecule has 3 aromatic heterocycles. The molecule has 2 aliphatic heterocycles. The number of nitrogens with zero attached hydrogens (tertiary/aromatic N) is 5. The van der Waals surface area contributed by atoms with Gasteiger partial charge in [0.2, 0.25) is 5.95 Å². The fourth-order valence-electron chi connectivity index (χ4n) is 6.67. The van der Waals surface area contributed by atoms with Gasteiger partial charge in [0.25, 0.3) is 0 Å². The molecule has 0 atom stereocenters. The van der Waals surface area contributed by atoms with Crippen LogP contribution < -0.4 is 20.7 Å². The highest BCUT2D eigenvalue weighted by Crippen LogP contribution is 2.38. The van der Waals surface area contributed by atoms with Crippen LogP contribution in [-0.4, -0.2) is 75.9 Å². The van der Waals surface area contributed by atoms with Gasteiger partial charge in [-0.25, -0.2) is 15.0 Å². The molecule has 11 heteroatoms. The van der Waals surface area contributed by atoms with Crippen LogP contribution in [0.4, 0.5) is 23.0 Å². The summed E-state index contributed by atoms with van der Waals surface area (Å²) >= 11 is 0. The van der Waals surface area contributed by atoms with Crippen molar-refractivity contribution in [1.29, 1.82) is 0 Å². The second-order valence-corrected chi connectivity index (χ2v) is 11.9. The number of imidazole rings is 1. The molecule has 45 heavy (non-hydrogen) atoms. The van der Waals surface area contributed by atoms with E-state index >= 15 is 0 Å². The van der Waals surface area contributed by atoms with Crippen LogP contribution in [0.2, 0.25) is 0 Å². The standard InChI is InChI=1S/C34H40N8O3/c1-44-30-21-28(42-15-9-24(10-16-42)41-13-2-3-14-41)25(35)20-27(30)38-34-36-12-8-26(37-34)33-32(39-31(40-33)5-4-17-43)23-7-6-22-11-18-45-29(22)19-23/h6-8,11-12,18-21,24,43H,2-5,9-10,13-17,35H2,1H3,(H,39,40)(H,36,37,38). The maximum absolute atomic E-state index is 9.41. The van der Waals surface area contributed by atoms with Crippen LogP contribution in [-0.2, 0) is 6.42 Å². The molecule has 0 radical (unpaired) electrons. The third kappa shape index (κ3) is 6.05. The number of likely N-dealkylation sites (tertiary alicyclic amines) is 1. The summed E-state index contributed by atoms with van der Waals surface area (Å²) in [6.45, 7) is 4.51. The number of aromatic nitrogens is 4. The molecule has 0 aliphatic carbocycles. The van der Waals surface area contributed by atoms with Gasteiger partial charge in [-0.3, -0.25) is 0 Å². The Kier molecular flexibility index (Phi) is 8.27. The predicted molar refractivity (Wildman–Crippen MR) is 177 cm³/mol. The van der Waals surface area contributed by atoms with Gasteiger partial charge in [0.15, 0.2) is 0 Å². The Hall–Kier alpha value is -4.61. The predicted octanol–water partition coefficient (Wildman–Crippen LogP) is 5.60. The van der Waals surface area contributed by atoms with Crippen LogP contribution in [0.25, 0.3) is 33.6 Å². The number of furan rings is 1. The molecule has 5 heterocycles. The van der Waals surface area contributed by atoms with E-state index in [1.807, 2.05) is 42.5 Å². The second-order valence-electron chi connectivity index (χ2n) is 11.9. The van der Waals surface area contributed by atoms with Crippen molar-refractivity contribution in [2.45, 2.75) is 44.6 Å². The van der Waals surface area contributed by atoms with Crippen LogP contribution in [0.3, 0.4) is 0 Å². The smallest absolute Gasteiger partial charge is 0.227 e. The van der Waals surface area contributed by atoms with E-state index in [1.165, 1.54) is 25.9 Å². The third-order valence-corrected chi connectivity index (χ3v) is 9.02. The lowest BCUT2D eigenvalue weighted by atomic mass is 10.0. The number of methoxy groups -OCH3 is 1. The monoisotopic (exact) mass is 608 g/mol. The van der Waals surface area contributed by atoms with Crippen molar-refractivity contribution in [2.75, 3.05) is 55.8 Å². The number of nitrogens with one attached hydrogen (secondary N) is 2. The molecule has 0 spiro atoms. The van der Waals surface area contributed by atoms with E-state index in [-0.39, 0.29) is 6.61 Å². The number of aliphatic hydroxyl groups excluding tert-OH is 1. The minimum absolute atomic E-state index is 0.0892. The molecule has 2 aromatic carbocycles. The molecule has 0 unspecified atom stereocenters. The SMILES string of the molecule is COc1cc(N2CCC(N3CCCC3)CC2)c(N)cc1Nc1nccc(-c2[nH]c(CCCO)nc2-c2ccc3ccoc3c2)n1. The first kappa shape index (κ1) is 29.1. The van der Waals surface area contributed by atoms with Gasteiger partial charge in [0, 0.05) is 55.4 Å². The number of hydrogen-bond donors (Lipinski definition) is 4. The third-order valence-electron chi connectivity index (χ3n) is 9.02. The van der Waals surface area contributed by atoms with Gasteiger partial charge in [0.1, 0.15) is 17.2 Å². The molecule has 11 nitrogen and oxygen atoms in total. The Morgan fingerprint density at radius 1 is 1.07 bits per heavy atom. The van der Waals surface area contributed by atoms with Crippen molar-refractivity contribution in [3.63, 3.8) is 0 Å². The van der Waals surface area contributed by atoms with Crippen LogP contribution >= 0.6 is 0 Å². The number of piperidine rings is 1. The fourth-order valence-corrected chi connectivity index (χ4v) is 6.67. The second kappa shape index (κ2) is 12.8. The Balaban J connectivity index is 1.14. The average molecular weight is 609 g/mol. The van der Waals surface area contributed by atoms with Crippen LogP contribution in [0.5, 0.6) is 5.75 Å². The van der Waals surface area contributed by atoms with Crippen LogP contribution in [0.15, 0.2) is 59.3 Å². The molecule has 0 saturated carbocycles. The Bertz CT molecular complexity index is 1770. The number of fused-ring (bicyclic) bond motifs is 1. The highest BCUT2D eigenvalue weighted by Gasteiger charge is 2.28. The fraction of sp³-hybridized carbons (Fsp3) is 0.382. The average Bonchev–Trinajstić information content (AvgIpc) is 3.85. The number of aryl methyl sites for hydroxylation is 1. The number of ether oxygens (including phenoxy) is 1. The molecule has 0 amide bonds. The molecule has 2 fully saturated rings. The lowest BCUT2D eigenvalue weighted by Gasteiger charge is -2.38. The highest BCUT2D eigenvalue weighted by molar-refractivity contribution is 5.86. The summed E-state index contributed by atoms with van der Waals surface area (Å²) < 4.78 is 11.5. The maximum Gasteiger partial charge on any atom is 0.227 e. The van der Waals surface area contributed by atoms with Gasteiger partial charge in [-0.15, -0.1) is 0 Å². The van der Waals surface area contributed by atoms with E-state index in [0.717, 1.165) is 65.4 Å². The number of nitrogens with two attached hydrogens (primary N) is 1. The summed E-state index contributed by atoms with van der Waals surface area (Å²) in [7, 11) is 1.66. The zero-order valence-corrected chi connectivity index (χ0v) is 25.6. The molecule has 0 bridgehead atoms. The first-order valence-electron chi connectivity index (χ1n) is 15.8. The zero-order valence-electron chi connectivity index (χ0n) is 25.6. The Morgan fingerprint density at radius 2 is 1.91 bits per heavy atom. The number of H-pyrrole nitrogens is 1. The first-order valence-corrected chi connectivity index (χ1v) is 15.8. The molecular formula is C34H40N8O3. The van der Waals surface area contributed by atoms with E-state index in [4.69, 9.17) is 24.9 Å². The molecular weight excluding hydrogens is 568 g/mol. The Labute approximate surface area is 262 Å². The number of aliphatic hydroxyl groups is 1. The quantitative estimate of drug-likeness (QED) is 0.148. The molecule has 5 N–H and O–H groups in total. The highest BCUT2D eigenvalue weighted by atomic mass is 16.5. The largest absolute Gasteiger partial charge is 0.494 e. The van der Waals surface area contributed by atoms with E-state index in [0.29, 0.717) is 47.7 Å². The first-order chi connectivity index (χ1) is 22.1. The minimum atomic E-state index is 0.0892. The van der Waals surface area contributed by atoms with E-state index in [1.54, 1.807) is 19.6 Å². The minimum Gasteiger partial charge on any atom is -0.494 e. The molecule has 7 rings (SSSR count). The van der Waals surface area contributed by atoms with Gasteiger partial charge in [-0.2, -0.15) is 0 Å². The van der Waals surface area contributed by atoms with E-state index < -0.39 is 0 Å². The van der Waals surface area contributed by atoms with Crippen molar-refractivity contribution in [2.24, 2.45) is 0 Å². The topological polar surface area (TPSA) is 142 Å². The van der Waals surface area contributed by atoms with Crippen molar-refractivity contribution >= 4 is 34.0 Å². The summed E-state index contributed by atoms with van der Waals surface area (Å²) in [5, 5.41) is 13.8. The van der Waals surface area contributed by atoms with Crippen LogP contribution in [0, 0.1) is 0 Å². The van der Waals surface area contributed by atoms with Crippen LogP contribution in [0.1, 0.15) is 37.9 Å². The van der Waals surface area contributed by atoms with Crippen molar-refractivity contribution in [3.8, 4) is 28.4 Å². The summed E-state index contributed by atoms with van der Waals surface area (Å²) in [5.41, 5.74) is 12.9. The number of aromatic amines is 1. The summed E-state index contributed by atoms with van der Waals surface area (Å²) in [4.78, 5) is 22.7. The van der Waals surface area contributed by atoms with Crippen molar-refractivity contribution in [3.05, 3.63) is 60.7 Å². The van der Waals surface area contributed by atoms with Gasteiger partial charge in [-0.05, 0) is 69.5 Å². The molecule has 234 valence electrons. The number of hydrogen-bond acceptors (Lipinski definition) is 10. The van der Waals surface area contributed by atoms with Crippen molar-refractivity contribution in [1.82, 2.24) is 24.8 Å². The van der Waals surface area contributed by atoms with E-state index in [9.17, 15) is 5.11 Å². The molecule has 5 aromatic rings. The number of anilines is 4. The van der Waals surface area contributed by atoms with Crippen molar-refractivity contribution < 1.29 is 14.3 Å². The summed E-state index contributed by atoms with van der Waals surface area (Å²) in [6.07, 6.45) is 9.55.